The number of fused-ring (bicyclic) bond motifs is 5. The van der Waals surface area contributed by atoms with Gasteiger partial charge in [-0.05, 0) is 106 Å². The van der Waals surface area contributed by atoms with E-state index >= 15 is 0 Å². The lowest BCUT2D eigenvalue weighted by Gasteiger charge is -2.61. The van der Waals surface area contributed by atoms with Crippen molar-refractivity contribution in [3.63, 3.8) is 0 Å². The summed E-state index contributed by atoms with van der Waals surface area (Å²) < 4.78 is 0. The Morgan fingerprint density at radius 3 is 2.29 bits per heavy atom. The zero-order valence-electron chi connectivity index (χ0n) is 16.1. The molecule has 0 aromatic carbocycles. The van der Waals surface area contributed by atoms with Crippen LogP contribution in [0.5, 0.6) is 0 Å². The van der Waals surface area contributed by atoms with Gasteiger partial charge in [0.2, 0.25) is 0 Å². The van der Waals surface area contributed by atoms with Crippen molar-refractivity contribution in [1.82, 2.24) is 0 Å². The lowest BCUT2D eigenvalue weighted by molar-refractivity contribution is -0.150. The number of carbonyl (C=O) groups excluding carboxylic acids is 1. The van der Waals surface area contributed by atoms with Gasteiger partial charge in [0.15, 0.2) is 0 Å². The second-order valence-corrected chi connectivity index (χ2v) is 10.6. The third-order valence-electron chi connectivity index (χ3n) is 9.44. The molecular weight excluding hydrogens is 296 g/mol. The van der Waals surface area contributed by atoms with Gasteiger partial charge in [0.25, 0.3) is 0 Å². The molecule has 2 heteroatoms. The van der Waals surface area contributed by atoms with Gasteiger partial charge >= 0.3 is 0 Å². The molecule has 0 heterocycles. The molecule has 0 radical (unpaired) electrons. The van der Waals surface area contributed by atoms with Crippen LogP contribution in [0.25, 0.3) is 0 Å². The van der Waals surface area contributed by atoms with Gasteiger partial charge in [-0.15, -0.1) is 0 Å². The van der Waals surface area contributed by atoms with Crippen molar-refractivity contribution in [2.24, 2.45) is 40.4 Å². The summed E-state index contributed by atoms with van der Waals surface area (Å²) in [5, 5.41) is 10.6. The molecular formula is C22H36O2. The molecule has 4 aliphatic carbocycles. The fourth-order valence-electron chi connectivity index (χ4n) is 8.10. The number of carbonyl (C=O) groups is 1. The molecule has 2 nitrogen and oxygen atoms in total. The molecule has 24 heavy (non-hydrogen) atoms. The SMILES string of the molecule is CC(=O)[C@H]1CC[C@H]2[C@@H]3CC[C@@H]4C[C@](C)(O)CCC4(C)[C@H]3CC[C@]12C. The topological polar surface area (TPSA) is 37.3 Å². The highest BCUT2D eigenvalue weighted by atomic mass is 16.3. The molecule has 1 unspecified atom stereocenters. The highest BCUT2D eigenvalue weighted by Gasteiger charge is 2.61. The molecule has 1 N–H and O–H groups in total. The van der Waals surface area contributed by atoms with E-state index in [0.717, 1.165) is 37.0 Å². The fraction of sp³-hybridized carbons (Fsp3) is 0.955. The molecule has 0 saturated heterocycles. The van der Waals surface area contributed by atoms with Gasteiger partial charge in [0.1, 0.15) is 5.78 Å². The van der Waals surface area contributed by atoms with Crippen molar-refractivity contribution >= 4 is 5.78 Å². The van der Waals surface area contributed by atoms with E-state index in [1.165, 1.54) is 38.5 Å². The Balaban J connectivity index is 1.61. The van der Waals surface area contributed by atoms with Gasteiger partial charge in [-0.2, -0.15) is 0 Å². The summed E-state index contributed by atoms with van der Waals surface area (Å²) in [4.78, 5) is 12.2. The van der Waals surface area contributed by atoms with Crippen molar-refractivity contribution in [2.45, 2.75) is 91.1 Å². The minimum atomic E-state index is -0.437. The van der Waals surface area contributed by atoms with Gasteiger partial charge in [0, 0.05) is 5.92 Å². The molecule has 4 rings (SSSR count). The maximum absolute atomic E-state index is 12.2. The largest absolute Gasteiger partial charge is 0.390 e. The zero-order valence-corrected chi connectivity index (χ0v) is 16.1. The molecule has 0 aromatic rings. The van der Waals surface area contributed by atoms with E-state index < -0.39 is 5.60 Å². The van der Waals surface area contributed by atoms with Crippen LogP contribution in [0.1, 0.15) is 85.5 Å². The van der Waals surface area contributed by atoms with Crippen LogP contribution in [-0.2, 0) is 4.79 Å². The predicted octanol–water partition coefficient (Wildman–Crippen LogP) is 4.99. The van der Waals surface area contributed by atoms with Crippen LogP contribution in [-0.4, -0.2) is 16.5 Å². The summed E-state index contributed by atoms with van der Waals surface area (Å²) in [6, 6.07) is 0. The third-order valence-corrected chi connectivity index (χ3v) is 9.44. The maximum Gasteiger partial charge on any atom is 0.133 e. The summed E-state index contributed by atoms with van der Waals surface area (Å²) in [6.45, 7) is 8.85. The first-order chi connectivity index (χ1) is 11.2. The number of rotatable bonds is 1. The number of hydrogen-bond donors (Lipinski definition) is 1. The summed E-state index contributed by atoms with van der Waals surface area (Å²) in [5.74, 6) is 3.89. The molecule has 0 amide bonds. The van der Waals surface area contributed by atoms with E-state index in [9.17, 15) is 9.90 Å². The Hall–Kier alpha value is -0.370. The van der Waals surface area contributed by atoms with Crippen molar-refractivity contribution in [3.8, 4) is 0 Å². The first kappa shape index (κ1) is 17.1. The smallest absolute Gasteiger partial charge is 0.133 e. The Morgan fingerprint density at radius 2 is 1.58 bits per heavy atom. The predicted molar refractivity (Wildman–Crippen MR) is 96.5 cm³/mol. The molecule has 4 fully saturated rings. The summed E-state index contributed by atoms with van der Waals surface area (Å²) in [6.07, 6.45) is 10.8. The van der Waals surface area contributed by atoms with E-state index in [4.69, 9.17) is 0 Å². The van der Waals surface area contributed by atoms with E-state index in [0.29, 0.717) is 23.0 Å². The Morgan fingerprint density at radius 1 is 0.875 bits per heavy atom. The highest BCUT2D eigenvalue weighted by molar-refractivity contribution is 5.79. The van der Waals surface area contributed by atoms with Crippen molar-refractivity contribution in [2.75, 3.05) is 0 Å². The van der Waals surface area contributed by atoms with E-state index in [1.54, 1.807) is 0 Å². The zero-order chi connectivity index (χ0) is 17.3. The quantitative estimate of drug-likeness (QED) is 0.735. The van der Waals surface area contributed by atoms with Gasteiger partial charge in [-0.25, -0.2) is 0 Å². The summed E-state index contributed by atoms with van der Waals surface area (Å²) in [5.41, 5.74) is 0.268. The first-order valence-corrected chi connectivity index (χ1v) is 10.4. The monoisotopic (exact) mass is 332 g/mol. The van der Waals surface area contributed by atoms with Gasteiger partial charge in [-0.3, -0.25) is 4.79 Å². The summed E-state index contributed by atoms with van der Waals surface area (Å²) >= 11 is 0. The number of hydrogen-bond acceptors (Lipinski definition) is 2. The average molecular weight is 333 g/mol. The Bertz CT molecular complexity index is 538. The lowest BCUT2D eigenvalue weighted by Crippen LogP contribution is -2.55. The lowest BCUT2D eigenvalue weighted by atomic mass is 9.44. The Kier molecular flexibility index (Phi) is 3.78. The maximum atomic E-state index is 12.2. The molecule has 0 aromatic heterocycles. The Labute approximate surface area is 147 Å². The second kappa shape index (κ2) is 5.32. The second-order valence-electron chi connectivity index (χ2n) is 10.6. The van der Waals surface area contributed by atoms with Crippen LogP contribution in [0, 0.1) is 40.4 Å². The molecule has 8 atom stereocenters. The molecule has 0 aliphatic heterocycles. The van der Waals surface area contributed by atoms with Crippen LogP contribution >= 0.6 is 0 Å². The van der Waals surface area contributed by atoms with Crippen LogP contribution in [0.4, 0.5) is 0 Å². The number of aliphatic hydroxyl groups is 1. The molecule has 136 valence electrons. The molecule has 4 aliphatic rings. The van der Waals surface area contributed by atoms with Gasteiger partial charge in [0.05, 0.1) is 5.60 Å². The number of Topliss-reactive ketones (excluding diaryl/α,β-unsaturated/α-hetero) is 1. The van der Waals surface area contributed by atoms with Crippen LogP contribution < -0.4 is 0 Å². The molecule has 0 bridgehead atoms. The van der Waals surface area contributed by atoms with Crippen LogP contribution in [0.3, 0.4) is 0 Å². The standard InChI is InChI=1S/C22H36O2/c1-14(23)17-7-8-18-16-6-5-15-13-20(2,24)11-12-21(15,3)19(16)9-10-22(17,18)4/h15-19,24H,5-13H2,1-4H3/t15-,16+,17-,18+,19+,20-,21?,22-/m1/s1. The summed E-state index contributed by atoms with van der Waals surface area (Å²) in [7, 11) is 0. The first-order valence-electron chi connectivity index (χ1n) is 10.4. The number of ketones is 1. The van der Waals surface area contributed by atoms with Crippen LogP contribution in [0.15, 0.2) is 0 Å². The van der Waals surface area contributed by atoms with Gasteiger partial charge in [-0.1, -0.05) is 13.8 Å². The van der Waals surface area contributed by atoms with Crippen molar-refractivity contribution in [3.05, 3.63) is 0 Å². The van der Waals surface area contributed by atoms with Crippen LogP contribution in [0.2, 0.25) is 0 Å². The fourth-order valence-corrected chi connectivity index (χ4v) is 8.10. The third kappa shape index (κ3) is 2.27. The highest BCUT2D eigenvalue weighted by Crippen LogP contribution is 2.68. The average Bonchev–Trinajstić information content (AvgIpc) is 2.85. The van der Waals surface area contributed by atoms with Gasteiger partial charge < -0.3 is 5.11 Å². The minimum absolute atomic E-state index is 0.274. The van der Waals surface area contributed by atoms with E-state index in [-0.39, 0.29) is 5.41 Å². The normalized spacial score (nSPS) is 57.0. The van der Waals surface area contributed by atoms with Crippen molar-refractivity contribution < 1.29 is 9.90 Å². The minimum Gasteiger partial charge on any atom is -0.390 e. The van der Waals surface area contributed by atoms with E-state index in [1.807, 2.05) is 13.8 Å². The van der Waals surface area contributed by atoms with E-state index in [2.05, 4.69) is 13.8 Å². The molecule has 4 saturated carbocycles. The molecule has 0 spiro atoms. The van der Waals surface area contributed by atoms with Crippen molar-refractivity contribution in [1.29, 1.82) is 0 Å².